The van der Waals surface area contributed by atoms with Crippen LogP contribution < -0.4 is 5.32 Å². The van der Waals surface area contributed by atoms with Gasteiger partial charge in [0, 0.05) is 23.3 Å². The average Bonchev–Trinajstić information content (AvgIpc) is 2.72. The van der Waals surface area contributed by atoms with Crippen LogP contribution in [0.25, 0.3) is 10.9 Å². The summed E-state index contributed by atoms with van der Waals surface area (Å²) in [5.74, 6) is 0.703. The first-order valence-electron chi connectivity index (χ1n) is 6.62. The number of amides is 1. The van der Waals surface area contributed by atoms with Gasteiger partial charge in [0.15, 0.2) is 0 Å². The molecule has 2 N–H and O–H groups in total. The summed E-state index contributed by atoms with van der Waals surface area (Å²) in [5, 5.41) is 4.24. The molecule has 0 spiro atoms. The lowest BCUT2D eigenvalue weighted by Gasteiger charge is -2.31. The predicted molar refractivity (Wildman–Crippen MR) is 72.6 cm³/mol. The number of hydrogen-bond donors (Lipinski definition) is 2. The Morgan fingerprint density at radius 2 is 2.22 bits per heavy atom. The van der Waals surface area contributed by atoms with E-state index in [-0.39, 0.29) is 11.9 Å². The molecule has 0 aliphatic heterocycles. The fraction of sp³-hybridized carbons (Fsp3) is 0.400. The molecule has 1 unspecified atom stereocenters. The fourth-order valence-electron chi connectivity index (χ4n) is 2.54. The Hall–Kier alpha value is -1.77. The molecule has 18 heavy (non-hydrogen) atoms. The van der Waals surface area contributed by atoms with E-state index in [9.17, 15) is 4.79 Å². The van der Waals surface area contributed by atoms with Gasteiger partial charge in [-0.3, -0.25) is 4.79 Å². The van der Waals surface area contributed by atoms with E-state index < -0.39 is 0 Å². The molecule has 1 heterocycles. The summed E-state index contributed by atoms with van der Waals surface area (Å²) in [4.78, 5) is 15.3. The van der Waals surface area contributed by atoms with Crippen molar-refractivity contribution in [1.29, 1.82) is 0 Å². The van der Waals surface area contributed by atoms with E-state index in [0.717, 1.165) is 16.5 Å². The number of rotatable bonds is 3. The minimum Gasteiger partial charge on any atom is -0.361 e. The Morgan fingerprint density at radius 3 is 2.94 bits per heavy atom. The highest BCUT2D eigenvalue weighted by atomic mass is 16.1. The lowest BCUT2D eigenvalue weighted by atomic mass is 9.80. The summed E-state index contributed by atoms with van der Waals surface area (Å²) in [6.07, 6.45) is 5.69. The topological polar surface area (TPSA) is 44.9 Å². The smallest absolute Gasteiger partial charge is 0.251 e. The standard InChI is InChI=1S/C15H18N2O/c1-10(11-3-2-4-11)17-15(18)13-6-5-12-7-8-16-14(12)9-13/h5-11,16H,2-4H2,1H3,(H,17,18). The number of carbonyl (C=O) groups is 1. The number of carbonyl (C=O) groups excluding carboxylic acids is 1. The highest BCUT2D eigenvalue weighted by Gasteiger charge is 2.25. The van der Waals surface area contributed by atoms with Crippen molar-refractivity contribution >= 4 is 16.8 Å². The quantitative estimate of drug-likeness (QED) is 0.853. The number of aromatic amines is 1. The van der Waals surface area contributed by atoms with Crippen molar-refractivity contribution in [3.63, 3.8) is 0 Å². The maximum Gasteiger partial charge on any atom is 0.251 e. The first-order chi connectivity index (χ1) is 8.74. The van der Waals surface area contributed by atoms with Crippen molar-refractivity contribution in [2.24, 2.45) is 5.92 Å². The average molecular weight is 242 g/mol. The van der Waals surface area contributed by atoms with Crippen LogP contribution in [-0.4, -0.2) is 16.9 Å². The molecular formula is C15H18N2O. The van der Waals surface area contributed by atoms with Gasteiger partial charge in [-0.1, -0.05) is 12.5 Å². The third-order valence-electron chi connectivity index (χ3n) is 4.03. The van der Waals surface area contributed by atoms with Crippen molar-refractivity contribution < 1.29 is 4.79 Å². The van der Waals surface area contributed by atoms with Crippen LogP contribution in [0.15, 0.2) is 30.5 Å². The normalized spacial score (nSPS) is 17.4. The van der Waals surface area contributed by atoms with Crippen LogP contribution in [0.5, 0.6) is 0 Å². The van der Waals surface area contributed by atoms with E-state index in [1.165, 1.54) is 19.3 Å². The number of fused-ring (bicyclic) bond motifs is 1. The van der Waals surface area contributed by atoms with E-state index in [1.807, 2.05) is 30.5 Å². The van der Waals surface area contributed by atoms with Crippen molar-refractivity contribution in [1.82, 2.24) is 10.3 Å². The second-order valence-electron chi connectivity index (χ2n) is 5.23. The maximum absolute atomic E-state index is 12.1. The van der Waals surface area contributed by atoms with Gasteiger partial charge in [-0.15, -0.1) is 0 Å². The number of benzene rings is 1. The Kier molecular flexibility index (Phi) is 2.82. The molecule has 0 saturated heterocycles. The molecule has 2 aromatic rings. The zero-order valence-corrected chi connectivity index (χ0v) is 10.6. The second kappa shape index (κ2) is 4.48. The lowest BCUT2D eigenvalue weighted by molar-refractivity contribution is 0.0909. The van der Waals surface area contributed by atoms with Gasteiger partial charge in [0.05, 0.1) is 0 Å². The Balaban J connectivity index is 1.74. The monoisotopic (exact) mass is 242 g/mol. The molecule has 1 aliphatic rings. The fourth-order valence-corrected chi connectivity index (χ4v) is 2.54. The molecule has 1 aliphatic carbocycles. The van der Waals surface area contributed by atoms with Crippen LogP contribution in [-0.2, 0) is 0 Å². The molecule has 0 bridgehead atoms. The molecule has 1 aromatic heterocycles. The van der Waals surface area contributed by atoms with Crippen LogP contribution in [0.4, 0.5) is 0 Å². The number of nitrogens with one attached hydrogen (secondary N) is 2. The molecule has 3 rings (SSSR count). The van der Waals surface area contributed by atoms with Gasteiger partial charge in [-0.2, -0.15) is 0 Å². The van der Waals surface area contributed by atoms with Crippen LogP contribution in [0.2, 0.25) is 0 Å². The van der Waals surface area contributed by atoms with Gasteiger partial charge in [-0.05, 0) is 49.3 Å². The highest BCUT2D eigenvalue weighted by Crippen LogP contribution is 2.29. The molecular weight excluding hydrogens is 224 g/mol. The molecule has 1 fully saturated rings. The van der Waals surface area contributed by atoms with Gasteiger partial charge >= 0.3 is 0 Å². The molecule has 1 amide bonds. The minimum absolute atomic E-state index is 0.0332. The summed E-state index contributed by atoms with van der Waals surface area (Å²) >= 11 is 0. The van der Waals surface area contributed by atoms with Crippen molar-refractivity contribution in [3.05, 3.63) is 36.0 Å². The van der Waals surface area contributed by atoms with Crippen LogP contribution >= 0.6 is 0 Å². The third-order valence-corrected chi connectivity index (χ3v) is 4.03. The second-order valence-corrected chi connectivity index (χ2v) is 5.23. The van der Waals surface area contributed by atoms with Crippen molar-refractivity contribution in [2.45, 2.75) is 32.2 Å². The molecule has 0 radical (unpaired) electrons. The number of aromatic nitrogens is 1. The minimum atomic E-state index is 0.0332. The largest absolute Gasteiger partial charge is 0.361 e. The zero-order chi connectivity index (χ0) is 12.5. The molecule has 94 valence electrons. The van der Waals surface area contributed by atoms with Gasteiger partial charge < -0.3 is 10.3 Å². The molecule has 1 saturated carbocycles. The van der Waals surface area contributed by atoms with E-state index in [1.54, 1.807) is 0 Å². The van der Waals surface area contributed by atoms with Crippen LogP contribution in [0.1, 0.15) is 36.5 Å². The van der Waals surface area contributed by atoms with Gasteiger partial charge in [-0.25, -0.2) is 0 Å². The molecule has 3 heteroatoms. The Bertz CT molecular complexity index is 569. The summed E-state index contributed by atoms with van der Waals surface area (Å²) in [7, 11) is 0. The first kappa shape index (κ1) is 11.3. The zero-order valence-electron chi connectivity index (χ0n) is 10.6. The van der Waals surface area contributed by atoms with Crippen LogP contribution in [0, 0.1) is 5.92 Å². The number of hydrogen-bond acceptors (Lipinski definition) is 1. The van der Waals surface area contributed by atoms with Crippen LogP contribution in [0.3, 0.4) is 0 Å². The van der Waals surface area contributed by atoms with E-state index in [4.69, 9.17) is 0 Å². The Morgan fingerprint density at radius 1 is 1.39 bits per heavy atom. The number of H-pyrrole nitrogens is 1. The van der Waals surface area contributed by atoms with E-state index in [0.29, 0.717) is 5.92 Å². The molecule has 1 aromatic carbocycles. The summed E-state index contributed by atoms with van der Waals surface area (Å²) < 4.78 is 0. The van der Waals surface area contributed by atoms with Gasteiger partial charge in [0.1, 0.15) is 0 Å². The van der Waals surface area contributed by atoms with Gasteiger partial charge in [0.2, 0.25) is 0 Å². The Labute approximate surface area is 107 Å². The summed E-state index contributed by atoms with van der Waals surface area (Å²) in [6, 6.07) is 8.07. The maximum atomic E-state index is 12.1. The van der Waals surface area contributed by atoms with E-state index >= 15 is 0 Å². The van der Waals surface area contributed by atoms with E-state index in [2.05, 4.69) is 17.2 Å². The molecule has 1 atom stereocenters. The van der Waals surface area contributed by atoms with Crippen molar-refractivity contribution in [2.75, 3.05) is 0 Å². The first-order valence-corrected chi connectivity index (χ1v) is 6.62. The highest BCUT2D eigenvalue weighted by molar-refractivity contribution is 5.98. The van der Waals surface area contributed by atoms with Crippen molar-refractivity contribution in [3.8, 4) is 0 Å². The predicted octanol–water partition coefficient (Wildman–Crippen LogP) is 3.09. The molecule has 3 nitrogen and oxygen atoms in total. The van der Waals surface area contributed by atoms with Gasteiger partial charge in [0.25, 0.3) is 5.91 Å². The lowest BCUT2D eigenvalue weighted by Crippen LogP contribution is -2.40. The SMILES string of the molecule is CC(NC(=O)c1ccc2cc[nH]c2c1)C1CCC1. The summed E-state index contributed by atoms with van der Waals surface area (Å²) in [6.45, 7) is 2.11. The summed E-state index contributed by atoms with van der Waals surface area (Å²) in [5.41, 5.74) is 1.75. The third kappa shape index (κ3) is 2.01.